The van der Waals surface area contributed by atoms with Crippen molar-refractivity contribution < 1.29 is 9.90 Å². The fourth-order valence-corrected chi connectivity index (χ4v) is 2.15. The van der Waals surface area contributed by atoms with Gasteiger partial charge < -0.3 is 14.9 Å². The van der Waals surface area contributed by atoms with E-state index in [1.807, 2.05) is 14.0 Å². The van der Waals surface area contributed by atoms with Crippen molar-refractivity contribution in [2.24, 2.45) is 5.92 Å². The van der Waals surface area contributed by atoms with E-state index in [-0.39, 0.29) is 5.92 Å². The molecule has 1 fully saturated rings. The summed E-state index contributed by atoms with van der Waals surface area (Å²) < 4.78 is 0. The molecule has 88 valence electrons. The molecule has 2 atom stereocenters. The van der Waals surface area contributed by atoms with Gasteiger partial charge in [-0.2, -0.15) is 0 Å². The molecule has 0 radical (unpaired) electrons. The molecule has 2 unspecified atom stereocenters. The zero-order valence-corrected chi connectivity index (χ0v) is 9.94. The van der Waals surface area contributed by atoms with Crippen LogP contribution in [0.5, 0.6) is 0 Å². The molecule has 15 heavy (non-hydrogen) atoms. The monoisotopic (exact) mass is 214 g/mol. The summed E-state index contributed by atoms with van der Waals surface area (Å²) >= 11 is 0. The maximum absolute atomic E-state index is 10.9. The molecule has 1 N–H and O–H groups in total. The molecule has 4 nitrogen and oxygen atoms in total. The van der Waals surface area contributed by atoms with Gasteiger partial charge in [-0.3, -0.25) is 4.79 Å². The van der Waals surface area contributed by atoms with E-state index < -0.39 is 5.97 Å². The number of carbonyl (C=O) groups is 1. The van der Waals surface area contributed by atoms with E-state index in [1.165, 1.54) is 0 Å². The normalized spacial score (nSPS) is 24.7. The fraction of sp³-hybridized carbons (Fsp3) is 0.909. The Balaban J connectivity index is 2.40. The lowest BCUT2D eigenvalue weighted by Gasteiger charge is -2.26. The molecule has 0 amide bonds. The van der Waals surface area contributed by atoms with Gasteiger partial charge in [-0.15, -0.1) is 0 Å². The van der Waals surface area contributed by atoms with Crippen LogP contribution in [0.2, 0.25) is 0 Å². The number of likely N-dealkylation sites (N-methyl/N-ethyl adjacent to an activating group) is 2. The average molecular weight is 214 g/mol. The summed E-state index contributed by atoms with van der Waals surface area (Å²) in [6.45, 7) is 4.79. The van der Waals surface area contributed by atoms with Gasteiger partial charge in [-0.1, -0.05) is 6.92 Å². The number of aliphatic carboxylic acids is 1. The number of hydrogen-bond acceptors (Lipinski definition) is 3. The Morgan fingerprint density at radius 1 is 1.67 bits per heavy atom. The van der Waals surface area contributed by atoms with Crippen LogP contribution >= 0.6 is 0 Å². The molecule has 0 aromatic rings. The summed E-state index contributed by atoms with van der Waals surface area (Å²) in [6, 6.07) is 0.531. The third-order valence-corrected chi connectivity index (χ3v) is 3.34. The van der Waals surface area contributed by atoms with Crippen molar-refractivity contribution in [1.29, 1.82) is 0 Å². The van der Waals surface area contributed by atoms with E-state index in [0.717, 1.165) is 19.5 Å². The molecule has 0 aromatic carbocycles. The smallest absolute Gasteiger partial charge is 0.307 e. The highest BCUT2D eigenvalue weighted by Gasteiger charge is 2.26. The lowest BCUT2D eigenvalue weighted by molar-refractivity contribution is -0.142. The van der Waals surface area contributed by atoms with Crippen LogP contribution in [-0.4, -0.2) is 60.6 Å². The van der Waals surface area contributed by atoms with Crippen LogP contribution in [0.15, 0.2) is 0 Å². The molecule has 1 aliphatic rings. The minimum atomic E-state index is -0.671. The molecule has 1 heterocycles. The summed E-state index contributed by atoms with van der Waals surface area (Å²) in [5.74, 6) is -0.892. The molecule has 0 aliphatic carbocycles. The van der Waals surface area contributed by atoms with Gasteiger partial charge >= 0.3 is 5.97 Å². The number of hydrogen-bond donors (Lipinski definition) is 1. The Morgan fingerprint density at radius 2 is 2.33 bits per heavy atom. The second kappa shape index (κ2) is 5.47. The predicted octanol–water partition coefficient (Wildman–Crippen LogP) is 0.733. The summed E-state index contributed by atoms with van der Waals surface area (Å²) in [6.07, 6.45) is 1.87. The SMILES string of the molecule is CCC(CN(C)C1CCN(C)C1)C(=O)O. The molecule has 1 aliphatic heterocycles. The first-order chi connectivity index (χ1) is 7.04. The molecule has 4 heteroatoms. The topological polar surface area (TPSA) is 43.8 Å². The Labute approximate surface area is 91.9 Å². The molecule has 0 aromatic heterocycles. The van der Waals surface area contributed by atoms with Crippen LogP contribution in [0, 0.1) is 5.92 Å². The maximum atomic E-state index is 10.9. The molecule has 1 saturated heterocycles. The number of nitrogens with zero attached hydrogens (tertiary/aromatic N) is 2. The fourth-order valence-electron chi connectivity index (χ4n) is 2.15. The first-order valence-electron chi connectivity index (χ1n) is 5.66. The molecular weight excluding hydrogens is 192 g/mol. The van der Waals surface area contributed by atoms with E-state index in [9.17, 15) is 4.79 Å². The highest BCUT2D eigenvalue weighted by molar-refractivity contribution is 5.70. The number of likely N-dealkylation sites (tertiary alicyclic amines) is 1. The Kier molecular flexibility index (Phi) is 4.54. The Morgan fingerprint density at radius 3 is 2.73 bits per heavy atom. The first kappa shape index (κ1) is 12.5. The average Bonchev–Trinajstić information content (AvgIpc) is 2.60. The Bertz CT molecular complexity index is 221. The van der Waals surface area contributed by atoms with E-state index in [2.05, 4.69) is 16.8 Å². The van der Waals surface area contributed by atoms with Crippen molar-refractivity contribution in [3.8, 4) is 0 Å². The minimum absolute atomic E-state index is 0.221. The number of rotatable bonds is 5. The lowest BCUT2D eigenvalue weighted by Crippen LogP contribution is -2.39. The predicted molar refractivity (Wildman–Crippen MR) is 59.9 cm³/mol. The largest absolute Gasteiger partial charge is 0.481 e. The van der Waals surface area contributed by atoms with Gasteiger partial charge in [0.05, 0.1) is 5.92 Å². The van der Waals surface area contributed by atoms with Crippen LogP contribution < -0.4 is 0 Å². The molecular formula is C11H22N2O2. The summed E-state index contributed by atoms with van der Waals surface area (Å²) in [7, 11) is 4.15. The zero-order chi connectivity index (χ0) is 11.4. The summed E-state index contributed by atoms with van der Waals surface area (Å²) in [5.41, 5.74) is 0. The number of carboxylic acid groups (broad SMARTS) is 1. The number of carboxylic acids is 1. The Hall–Kier alpha value is -0.610. The van der Waals surface area contributed by atoms with Crippen LogP contribution in [0.25, 0.3) is 0 Å². The highest BCUT2D eigenvalue weighted by Crippen LogP contribution is 2.15. The van der Waals surface area contributed by atoms with Gasteiger partial charge in [0.1, 0.15) is 0 Å². The maximum Gasteiger partial charge on any atom is 0.307 e. The van der Waals surface area contributed by atoms with E-state index in [4.69, 9.17) is 5.11 Å². The molecule has 0 bridgehead atoms. The first-order valence-corrected chi connectivity index (χ1v) is 5.66. The van der Waals surface area contributed by atoms with E-state index in [0.29, 0.717) is 19.0 Å². The second-order valence-electron chi connectivity index (χ2n) is 4.59. The van der Waals surface area contributed by atoms with Crippen molar-refractivity contribution in [3.05, 3.63) is 0 Å². The van der Waals surface area contributed by atoms with Crippen molar-refractivity contribution >= 4 is 5.97 Å². The standard InChI is InChI=1S/C11H22N2O2/c1-4-9(11(14)15)7-13(3)10-5-6-12(2)8-10/h9-10H,4-8H2,1-3H3,(H,14,15). The van der Waals surface area contributed by atoms with E-state index in [1.54, 1.807) is 0 Å². The minimum Gasteiger partial charge on any atom is -0.481 e. The van der Waals surface area contributed by atoms with Gasteiger partial charge in [-0.05, 0) is 33.5 Å². The summed E-state index contributed by atoms with van der Waals surface area (Å²) in [4.78, 5) is 15.4. The zero-order valence-electron chi connectivity index (χ0n) is 9.94. The van der Waals surface area contributed by atoms with Crippen molar-refractivity contribution in [1.82, 2.24) is 9.80 Å². The van der Waals surface area contributed by atoms with Crippen LogP contribution in [0.1, 0.15) is 19.8 Å². The van der Waals surface area contributed by atoms with Gasteiger partial charge in [0.25, 0.3) is 0 Å². The van der Waals surface area contributed by atoms with Crippen LogP contribution in [0.3, 0.4) is 0 Å². The molecule has 0 saturated carbocycles. The van der Waals surface area contributed by atoms with E-state index >= 15 is 0 Å². The third-order valence-electron chi connectivity index (χ3n) is 3.34. The second-order valence-corrected chi connectivity index (χ2v) is 4.59. The highest BCUT2D eigenvalue weighted by atomic mass is 16.4. The quantitative estimate of drug-likeness (QED) is 0.733. The van der Waals surface area contributed by atoms with Crippen molar-refractivity contribution in [3.63, 3.8) is 0 Å². The van der Waals surface area contributed by atoms with Gasteiger partial charge in [0.2, 0.25) is 0 Å². The van der Waals surface area contributed by atoms with Crippen molar-refractivity contribution in [2.75, 3.05) is 33.7 Å². The van der Waals surface area contributed by atoms with Gasteiger partial charge in [-0.25, -0.2) is 0 Å². The lowest BCUT2D eigenvalue weighted by atomic mass is 10.1. The molecule has 0 spiro atoms. The van der Waals surface area contributed by atoms with Gasteiger partial charge in [0.15, 0.2) is 0 Å². The molecule has 1 rings (SSSR count). The van der Waals surface area contributed by atoms with Crippen LogP contribution in [0.4, 0.5) is 0 Å². The summed E-state index contributed by atoms with van der Waals surface area (Å²) in [5, 5.41) is 8.98. The third kappa shape index (κ3) is 3.47. The van der Waals surface area contributed by atoms with Crippen LogP contribution in [-0.2, 0) is 4.79 Å². The van der Waals surface area contributed by atoms with Gasteiger partial charge in [0, 0.05) is 19.1 Å². The van der Waals surface area contributed by atoms with Crippen molar-refractivity contribution in [2.45, 2.75) is 25.8 Å².